The molecule has 0 spiro atoms. The van der Waals surface area contributed by atoms with Crippen molar-refractivity contribution < 1.29 is 37.5 Å². The van der Waals surface area contributed by atoms with Crippen molar-refractivity contribution in [1.82, 2.24) is 25.3 Å². The van der Waals surface area contributed by atoms with Crippen LogP contribution in [-0.4, -0.2) is 102 Å². The van der Waals surface area contributed by atoms with Gasteiger partial charge in [-0.2, -0.15) is 5.10 Å². The van der Waals surface area contributed by atoms with Gasteiger partial charge in [-0.3, -0.25) is 44.2 Å². The summed E-state index contributed by atoms with van der Waals surface area (Å²) in [6.45, 7) is 4.98. The van der Waals surface area contributed by atoms with Crippen molar-refractivity contribution in [1.29, 1.82) is 0 Å². The average molecular weight is 867 g/mol. The second kappa shape index (κ2) is 17.7. The molecule has 1 aromatic heterocycles. The van der Waals surface area contributed by atoms with Crippen LogP contribution in [-0.2, 0) is 22.6 Å². The molecule has 6 aromatic rings. The molecule has 0 radical (unpaired) electrons. The van der Waals surface area contributed by atoms with Crippen molar-refractivity contribution in [3.8, 4) is 5.75 Å². The van der Waals surface area contributed by atoms with Gasteiger partial charge in [-0.25, -0.2) is 8.78 Å². The number of H-pyrrole nitrogens is 1. The predicted molar refractivity (Wildman–Crippen MR) is 235 cm³/mol. The van der Waals surface area contributed by atoms with Gasteiger partial charge in [0.1, 0.15) is 23.4 Å². The van der Waals surface area contributed by atoms with E-state index in [1.807, 2.05) is 60.7 Å². The standard InChI is InChI=1S/C48H44F2N8O6/c1-64-37-10-2-29(3-11-37)28-57(36-9-12-38-39(27-36)48(63)58(47(38)62)42-14-15-43(59)51-46(42)61)21-18-55-16-19-56(20-17-55)35-7-5-32(6-8-35)45(60)52-44-40-25-30(4-13-41(40)53-54-44)22-31-23-33(49)26-34(50)24-31/h2-13,23-27,42H,14-22,28H2,1H3,(H,51,59,61)(H2,52,53,54,60). The van der Waals surface area contributed by atoms with Crippen LogP contribution >= 0.6 is 0 Å². The van der Waals surface area contributed by atoms with Crippen molar-refractivity contribution in [3.63, 3.8) is 0 Å². The molecule has 1 atom stereocenters. The number of carbonyl (C=O) groups is 5. The molecular weight excluding hydrogens is 823 g/mol. The van der Waals surface area contributed by atoms with E-state index in [4.69, 9.17) is 4.74 Å². The molecule has 14 nitrogen and oxygen atoms in total. The van der Waals surface area contributed by atoms with E-state index in [1.54, 1.807) is 31.4 Å². The molecule has 64 heavy (non-hydrogen) atoms. The third-order valence-corrected chi connectivity index (χ3v) is 12.1. The smallest absolute Gasteiger partial charge is 0.262 e. The van der Waals surface area contributed by atoms with E-state index in [-0.39, 0.29) is 29.9 Å². The number of piperazine rings is 1. The molecule has 5 aromatic carbocycles. The maximum atomic E-state index is 13.8. The summed E-state index contributed by atoms with van der Waals surface area (Å²) in [5, 5.41) is 13.0. The highest BCUT2D eigenvalue weighted by molar-refractivity contribution is 6.23. The molecule has 4 heterocycles. The number of hydrogen-bond acceptors (Lipinski definition) is 10. The molecule has 9 rings (SSSR count). The third kappa shape index (κ3) is 8.77. The monoisotopic (exact) mass is 866 g/mol. The lowest BCUT2D eigenvalue weighted by atomic mass is 10.0. The number of ether oxygens (including phenoxy) is 1. The van der Waals surface area contributed by atoms with Crippen LogP contribution < -0.4 is 25.2 Å². The Hall–Kier alpha value is -7.46. The fourth-order valence-electron chi connectivity index (χ4n) is 8.62. The number of nitrogens with one attached hydrogen (secondary N) is 3. The number of rotatable bonds is 13. The van der Waals surface area contributed by atoms with Gasteiger partial charge in [0.05, 0.1) is 23.8 Å². The highest BCUT2D eigenvalue weighted by atomic mass is 19.1. The fraction of sp³-hybridized carbons (Fsp3) is 0.250. The number of carbonyl (C=O) groups excluding carboxylic acids is 5. The van der Waals surface area contributed by atoms with Gasteiger partial charge >= 0.3 is 0 Å². The van der Waals surface area contributed by atoms with E-state index in [2.05, 4.69) is 35.5 Å². The Morgan fingerprint density at radius 1 is 0.812 bits per heavy atom. The summed E-state index contributed by atoms with van der Waals surface area (Å²) in [5.74, 6) is -2.68. The second-order valence-electron chi connectivity index (χ2n) is 16.2. The lowest BCUT2D eigenvalue weighted by Crippen LogP contribution is -2.54. The Kier molecular flexibility index (Phi) is 11.6. The maximum Gasteiger partial charge on any atom is 0.262 e. The first kappa shape index (κ1) is 41.9. The largest absolute Gasteiger partial charge is 0.497 e. The molecule has 3 N–H and O–H groups in total. The quantitative estimate of drug-likeness (QED) is 0.119. The maximum absolute atomic E-state index is 13.8. The Morgan fingerprint density at radius 3 is 2.25 bits per heavy atom. The number of benzene rings is 5. The van der Waals surface area contributed by atoms with E-state index >= 15 is 0 Å². The lowest BCUT2D eigenvalue weighted by Gasteiger charge is -2.37. The van der Waals surface area contributed by atoms with Crippen LogP contribution in [0, 0.1) is 11.6 Å². The summed E-state index contributed by atoms with van der Waals surface area (Å²) >= 11 is 0. The van der Waals surface area contributed by atoms with Gasteiger partial charge in [-0.1, -0.05) is 18.2 Å². The number of nitrogens with zero attached hydrogens (tertiary/aromatic N) is 5. The molecule has 0 saturated carbocycles. The molecule has 0 bridgehead atoms. The Morgan fingerprint density at radius 2 is 1.53 bits per heavy atom. The number of anilines is 3. The molecule has 3 aliphatic rings. The zero-order chi connectivity index (χ0) is 44.5. The topological polar surface area (TPSA) is 160 Å². The summed E-state index contributed by atoms with van der Waals surface area (Å²) in [4.78, 5) is 72.7. The number of amides is 5. The minimum absolute atomic E-state index is 0.0483. The van der Waals surface area contributed by atoms with Gasteiger partial charge in [0.2, 0.25) is 11.8 Å². The number of fused-ring (bicyclic) bond motifs is 2. The van der Waals surface area contributed by atoms with Crippen LogP contribution in [0.15, 0.2) is 103 Å². The third-order valence-electron chi connectivity index (χ3n) is 12.1. The lowest BCUT2D eigenvalue weighted by molar-refractivity contribution is -0.136. The first-order valence-electron chi connectivity index (χ1n) is 21.0. The molecule has 3 aliphatic heterocycles. The van der Waals surface area contributed by atoms with Crippen LogP contribution in [0.5, 0.6) is 5.75 Å². The van der Waals surface area contributed by atoms with E-state index in [1.165, 1.54) is 12.1 Å². The number of halogens is 2. The van der Waals surface area contributed by atoms with Gasteiger partial charge in [-0.05, 0) is 108 Å². The minimum Gasteiger partial charge on any atom is -0.497 e. The van der Waals surface area contributed by atoms with Crippen LogP contribution in [0.1, 0.15) is 60.6 Å². The number of aromatic nitrogens is 2. The van der Waals surface area contributed by atoms with Gasteiger partial charge in [0.15, 0.2) is 5.82 Å². The first-order valence-corrected chi connectivity index (χ1v) is 21.0. The molecule has 16 heteroatoms. The molecule has 0 aliphatic carbocycles. The van der Waals surface area contributed by atoms with Crippen molar-refractivity contribution in [2.24, 2.45) is 0 Å². The molecular formula is C48H44F2N8O6. The number of aromatic amines is 1. The molecule has 2 fully saturated rings. The summed E-state index contributed by atoms with van der Waals surface area (Å²) in [6.07, 6.45) is 0.441. The van der Waals surface area contributed by atoms with Crippen molar-refractivity contribution >= 4 is 57.6 Å². The van der Waals surface area contributed by atoms with Gasteiger partial charge in [0.25, 0.3) is 17.7 Å². The average Bonchev–Trinajstić information content (AvgIpc) is 3.80. The number of piperidine rings is 1. The van der Waals surface area contributed by atoms with Crippen molar-refractivity contribution in [3.05, 3.63) is 148 Å². The molecule has 5 amide bonds. The number of imide groups is 2. The molecule has 1 unspecified atom stereocenters. The highest BCUT2D eigenvalue weighted by Crippen LogP contribution is 2.32. The van der Waals surface area contributed by atoms with Gasteiger partial charge in [-0.15, -0.1) is 0 Å². The zero-order valence-electron chi connectivity index (χ0n) is 34.9. The molecule has 2 saturated heterocycles. The summed E-state index contributed by atoms with van der Waals surface area (Å²) in [7, 11) is 1.61. The van der Waals surface area contributed by atoms with Crippen molar-refractivity contribution in [2.45, 2.75) is 31.8 Å². The highest BCUT2D eigenvalue weighted by Gasteiger charge is 2.44. The zero-order valence-corrected chi connectivity index (χ0v) is 34.9. The fourth-order valence-corrected chi connectivity index (χ4v) is 8.62. The number of hydrogen-bond donors (Lipinski definition) is 3. The van der Waals surface area contributed by atoms with E-state index in [0.717, 1.165) is 71.9 Å². The Balaban J connectivity index is 0.825. The Labute approximate surface area is 366 Å². The van der Waals surface area contributed by atoms with Gasteiger partial charge in [0, 0.05) is 80.6 Å². The van der Waals surface area contributed by atoms with Gasteiger partial charge < -0.3 is 19.9 Å². The SMILES string of the molecule is COc1ccc(CN(CCN2CCN(c3ccc(C(=O)Nc4n[nH]c5ccc(Cc6cc(F)cc(F)c6)cc45)cc3)CC2)c2ccc3c(c2)C(=O)N(C2CCC(=O)NC2=O)C3=O)cc1. The Bertz CT molecular complexity index is 2770. The van der Waals surface area contributed by atoms with E-state index < -0.39 is 41.3 Å². The normalized spacial score (nSPS) is 16.6. The number of methoxy groups -OCH3 is 1. The van der Waals surface area contributed by atoms with Crippen molar-refractivity contribution in [2.75, 3.05) is 61.5 Å². The van der Waals surface area contributed by atoms with Crippen LogP contribution in [0.3, 0.4) is 0 Å². The first-order chi connectivity index (χ1) is 31.0. The summed E-state index contributed by atoms with van der Waals surface area (Å²) < 4.78 is 32.9. The minimum atomic E-state index is -1.04. The summed E-state index contributed by atoms with van der Waals surface area (Å²) in [6, 6.07) is 28.3. The predicted octanol–water partition coefficient (Wildman–Crippen LogP) is 5.92. The van der Waals surface area contributed by atoms with E-state index in [9.17, 15) is 32.8 Å². The van der Waals surface area contributed by atoms with E-state index in [0.29, 0.717) is 47.4 Å². The summed E-state index contributed by atoms with van der Waals surface area (Å²) in [5.41, 5.74) is 5.71. The van der Waals surface area contributed by atoms with Crippen LogP contribution in [0.2, 0.25) is 0 Å². The molecule has 326 valence electrons. The van der Waals surface area contributed by atoms with Crippen LogP contribution in [0.4, 0.5) is 26.0 Å². The van der Waals surface area contributed by atoms with Crippen LogP contribution in [0.25, 0.3) is 10.9 Å². The second-order valence-corrected chi connectivity index (χ2v) is 16.2.